The van der Waals surface area contributed by atoms with Gasteiger partial charge in [-0.3, -0.25) is 20.2 Å². The van der Waals surface area contributed by atoms with Crippen LogP contribution in [0, 0.1) is 34.1 Å². The highest BCUT2D eigenvalue weighted by Crippen LogP contribution is 2.42. The summed E-state index contributed by atoms with van der Waals surface area (Å²) >= 11 is 3.22. The van der Waals surface area contributed by atoms with Crippen LogP contribution >= 0.6 is 15.9 Å². The summed E-state index contributed by atoms with van der Waals surface area (Å²) in [4.78, 5) is 55.7. The molecule has 0 unspecified atom stereocenters. The van der Waals surface area contributed by atoms with Crippen molar-refractivity contribution in [3.05, 3.63) is 294 Å². The van der Waals surface area contributed by atoms with Gasteiger partial charge in [0.05, 0.1) is 34.0 Å². The molecule has 4 aliphatic rings. The van der Waals surface area contributed by atoms with Crippen molar-refractivity contribution in [2.75, 3.05) is 0 Å². The Bertz CT molecular complexity index is 3750. The molecule has 0 saturated carbocycles. The fourth-order valence-corrected chi connectivity index (χ4v) is 13.2. The van der Waals surface area contributed by atoms with Gasteiger partial charge in [-0.25, -0.2) is 9.59 Å². The Morgan fingerprint density at radius 1 is 0.418 bits per heavy atom. The minimum absolute atomic E-state index is 0.00703. The number of nitro benzene ring substituents is 2. The molecule has 17 heteroatoms. The molecule has 4 saturated heterocycles. The van der Waals surface area contributed by atoms with Gasteiger partial charge in [-0.1, -0.05) is 221 Å². The molecule has 8 aromatic rings. The quantitative estimate of drug-likeness (QED) is 0.0524. The lowest BCUT2D eigenvalue weighted by Gasteiger charge is -2.37. The number of nitrogens with one attached hydrogen (secondary N) is 1. The Kier molecular flexibility index (Phi) is 21.3. The molecule has 1 N–H and O–H groups in total. The largest absolute Gasteiger partial charge is 0.342 e. The van der Waals surface area contributed by atoms with E-state index < -0.39 is 39.7 Å². The van der Waals surface area contributed by atoms with Gasteiger partial charge in [-0.15, -0.1) is 0 Å². The summed E-state index contributed by atoms with van der Waals surface area (Å²) in [7, 11) is 0. The molecule has 4 fully saturated rings. The molecule has 0 aliphatic carbocycles. The van der Waals surface area contributed by atoms with Gasteiger partial charge in [-0.05, 0) is 112 Å². The maximum absolute atomic E-state index is 15.1. The van der Waals surface area contributed by atoms with Crippen molar-refractivity contribution in [1.29, 1.82) is 0 Å². The molecule has 0 bridgehead atoms. The Morgan fingerprint density at radius 3 is 1.13 bits per heavy atom. The Labute approximate surface area is 541 Å². The monoisotopic (exact) mass is 1290 g/mol. The molecular weight excluding hydrogens is 1210 g/mol. The van der Waals surface area contributed by atoms with Crippen LogP contribution in [0.5, 0.6) is 0 Å². The SMILES string of the molecule is Cc1cccc(CN2C(=O)N(Cc3cccc([N+](=O)[O-])c3)[C@H](Cc3ccccc3)[C@@H]3OC(C)(C)O[C@H]3[C@H]2Cc2ccccc2)c1.Cc1cccc(CN2C(=O)N[C@H](Cc3ccccc3)[C@@H]3OC(C)(C)O[C@H]3[C@H]2Cc2ccccc2)c1.O=[N+]([O-])c1cccc(CBr)c1. The average molecular weight is 1290 g/mol. The number of hydrogen-bond acceptors (Lipinski definition) is 10. The Morgan fingerprint density at radius 2 is 0.736 bits per heavy atom. The van der Waals surface area contributed by atoms with E-state index in [9.17, 15) is 25.0 Å². The second-order valence-electron chi connectivity index (χ2n) is 24.8. The Balaban J connectivity index is 0.000000175. The third kappa shape index (κ3) is 17.1. The summed E-state index contributed by atoms with van der Waals surface area (Å²) in [5, 5.41) is 25.9. The number of carbonyl (C=O) groups excluding carboxylic acids is 2. The number of ether oxygens (including phenoxy) is 4. The van der Waals surface area contributed by atoms with Crippen molar-refractivity contribution in [3.8, 4) is 0 Å². The summed E-state index contributed by atoms with van der Waals surface area (Å²) in [5.41, 5.74) is 10.7. The van der Waals surface area contributed by atoms with Gasteiger partial charge in [0, 0.05) is 49.2 Å². The minimum atomic E-state index is -0.869. The van der Waals surface area contributed by atoms with E-state index in [1.807, 2.05) is 159 Å². The molecule has 0 aromatic heterocycles. The predicted octanol–water partition coefficient (Wildman–Crippen LogP) is 14.8. The van der Waals surface area contributed by atoms with Crippen LogP contribution in [0.15, 0.2) is 218 Å². The zero-order valence-corrected chi connectivity index (χ0v) is 53.8. The standard InChI is InChI=1S/C37H39N3O5.C30H34N2O3.C7H6BrNO2/c1-26-12-10-17-29(20-26)24-38-32(22-27-13-6-4-7-14-27)34-35(45-37(2,3)44-34)33(23-28-15-8-5-9-16-28)39(36(38)41)25-30-18-11-19-31(21-30)40(42)43;1-21-11-10-16-24(17-21)20-32-26(19-23-14-8-5-9-15-23)28-27(34-30(2,3)35-28)25(31-29(32)33)18-22-12-6-4-7-13-22;8-5-6-2-1-3-7(4-6)9(10)11/h4-21,32-35H,22-25H2,1-3H3;4-17,25-28H,18-20H2,1-3H3,(H,31,33);1-4H,5H2/t32-,33-,34+,35+;25-,26-,27+,28+;/m11./s1. The van der Waals surface area contributed by atoms with E-state index in [1.165, 1.54) is 23.3 Å². The van der Waals surface area contributed by atoms with Crippen molar-refractivity contribution >= 4 is 39.4 Å². The number of urea groups is 2. The molecule has 472 valence electrons. The predicted molar refractivity (Wildman–Crippen MR) is 355 cm³/mol. The highest BCUT2D eigenvalue weighted by atomic mass is 79.9. The zero-order chi connectivity index (χ0) is 64.2. The summed E-state index contributed by atoms with van der Waals surface area (Å²) in [6, 6.07) is 69.2. The number of non-ortho nitro benzene ring substituents is 2. The molecule has 8 aromatic carbocycles. The number of aryl methyl sites for hydroxylation is 2. The molecule has 4 amide bonds. The van der Waals surface area contributed by atoms with Crippen LogP contribution in [0.2, 0.25) is 0 Å². The van der Waals surface area contributed by atoms with Crippen molar-refractivity contribution in [3.63, 3.8) is 0 Å². The van der Waals surface area contributed by atoms with Gasteiger partial charge in [0.2, 0.25) is 0 Å². The lowest BCUT2D eigenvalue weighted by molar-refractivity contribution is -0.385. The number of rotatable bonds is 17. The van der Waals surface area contributed by atoms with Gasteiger partial charge >= 0.3 is 12.1 Å². The summed E-state index contributed by atoms with van der Waals surface area (Å²) in [6.07, 6.45) is 1.12. The second kappa shape index (κ2) is 29.6. The first-order valence-corrected chi connectivity index (χ1v) is 32.1. The average Bonchev–Trinajstić information content (AvgIpc) is 1.62. The van der Waals surface area contributed by atoms with E-state index in [2.05, 4.69) is 101 Å². The highest BCUT2D eigenvalue weighted by Gasteiger charge is 2.56. The van der Waals surface area contributed by atoms with E-state index in [4.69, 9.17) is 18.9 Å². The molecule has 16 nitrogen and oxygen atoms in total. The van der Waals surface area contributed by atoms with Gasteiger partial charge in [0.15, 0.2) is 11.6 Å². The minimum Gasteiger partial charge on any atom is -0.342 e. The first kappa shape index (κ1) is 65.4. The van der Waals surface area contributed by atoms with Crippen LogP contribution in [0.25, 0.3) is 0 Å². The lowest BCUT2D eigenvalue weighted by atomic mass is 9.91. The molecule has 91 heavy (non-hydrogen) atoms. The number of halogens is 1. The van der Waals surface area contributed by atoms with Crippen LogP contribution in [0.1, 0.15) is 83.3 Å². The molecular formula is C74H79BrN6O10. The van der Waals surface area contributed by atoms with E-state index in [0.29, 0.717) is 49.7 Å². The maximum Gasteiger partial charge on any atom is 0.321 e. The van der Waals surface area contributed by atoms with Crippen LogP contribution in [0.3, 0.4) is 0 Å². The second-order valence-corrected chi connectivity index (χ2v) is 25.3. The number of benzene rings is 8. The molecule has 12 rings (SSSR count). The van der Waals surface area contributed by atoms with Crippen LogP contribution in [-0.2, 0) is 69.6 Å². The number of alkyl halides is 1. The molecule has 8 atom stereocenters. The first-order chi connectivity index (χ1) is 43.8. The van der Waals surface area contributed by atoms with Crippen molar-refractivity contribution < 1.29 is 38.4 Å². The van der Waals surface area contributed by atoms with Crippen molar-refractivity contribution in [2.45, 2.75) is 152 Å². The molecule has 0 spiro atoms. The van der Waals surface area contributed by atoms with Crippen molar-refractivity contribution in [2.24, 2.45) is 0 Å². The fraction of sp³-hybridized carbons (Fsp3) is 0.324. The van der Waals surface area contributed by atoms with Gasteiger partial charge in [-0.2, -0.15) is 0 Å². The third-order valence-electron chi connectivity index (χ3n) is 16.9. The van der Waals surface area contributed by atoms with Crippen LogP contribution < -0.4 is 5.32 Å². The topological polar surface area (TPSA) is 179 Å². The first-order valence-electron chi connectivity index (χ1n) is 30.9. The number of hydrogen-bond donors (Lipinski definition) is 1. The number of amides is 4. The van der Waals surface area contributed by atoms with E-state index >= 15 is 4.79 Å². The summed E-state index contributed by atoms with van der Waals surface area (Å²) in [5.74, 6) is -1.60. The van der Waals surface area contributed by atoms with Crippen LogP contribution in [0.4, 0.5) is 21.0 Å². The van der Waals surface area contributed by atoms with E-state index in [0.717, 1.165) is 38.9 Å². The summed E-state index contributed by atoms with van der Waals surface area (Å²) in [6.45, 7) is 13.0. The van der Waals surface area contributed by atoms with Gasteiger partial charge < -0.3 is 39.0 Å². The maximum atomic E-state index is 15.1. The molecule has 4 aliphatic heterocycles. The number of carbonyl (C=O) groups is 2. The Hall–Kier alpha value is -8.58. The van der Waals surface area contributed by atoms with Crippen LogP contribution in [-0.4, -0.2) is 96.8 Å². The van der Waals surface area contributed by atoms with Crippen molar-refractivity contribution in [1.82, 2.24) is 20.0 Å². The third-order valence-corrected chi connectivity index (χ3v) is 17.6. The smallest absolute Gasteiger partial charge is 0.321 e. The zero-order valence-electron chi connectivity index (χ0n) is 52.3. The van der Waals surface area contributed by atoms with Gasteiger partial charge in [0.1, 0.15) is 24.4 Å². The fourth-order valence-electron chi connectivity index (χ4n) is 12.9. The van der Waals surface area contributed by atoms with E-state index in [-0.39, 0.29) is 60.3 Å². The molecule has 0 radical (unpaired) electrons. The van der Waals surface area contributed by atoms with E-state index in [1.54, 1.807) is 24.3 Å². The molecule has 4 heterocycles. The van der Waals surface area contributed by atoms with Gasteiger partial charge in [0.25, 0.3) is 11.4 Å². The normalized spacial score (nSPS) is 22.2. The highest BCUT2D eigenvalue weighted by molar-refractivity contribution is 9.08. The summed E-state index contributed by atoms with van der Waals surface area (Å²) < 4.78 is 26.5. The number of nitrogens with zero attached hydrogens (tertiary/aromatic N) is 5. The number of fused-ring (bicyclic) bond motifs is 2. The number of nitro groups is 2. The lowest BCUT2D eigenvalue weighted by Crippen LogP contribution is -2.51.